The highest BCUT2D eigenvalue weighted by atomic mass is 16.5. The second-order valence-corrected chi connectivity index (χ2v) is 5.29. The van der Waals surface area contributed by atoms with Gasteiger partial charge in [-0.15, -0.1) is 0 Å². The zero-order valence-corrected chi connectivity index (χ0v) is 13.3. The molecule has 2 aromatic carbocycles. The molecule has 2 heterocycles. The van der Waals surface area contributed by atoms with Crippen LogP contribution in [0.4, 0.5) is 5.69 Å². The molecule has 0 aliphatic carbocycles. The van der Waals surface area contributed by atoms with Gasteiger partial charge in [-0.05, 0) is 17.7 Å². The largest absolute Gasteiger partial charge is 0.491 e. The maximum atomic E-state index is 13.0. The molecule has 2 aromatic rings. The Balaban J connectivity index is 0.000000753. The number of hydrogen-bond donors (Lipinski definition) is 0. The van der Waals surface area contributed by atoms with Gasteiger partial charge in [0.25, 0.3) is 0 Å². The van der Waals surface area contributed by atoms with E-state index in [4.69, 9.17) is 4.74 Å². The summed E-state index contributed by atoms with van der Waals surface area (Å²) in [6.07, 6.45) is 0.759. The molecule has 0 radical (unpaired) electrons. The van der Waals surface area contributed by atoms with Crippen molar-refractivity contribution in [3.63, 3.8) is 0 Å². The molecular weight excluding hydrogens is 290 g/mol. The number of anilines is 1. The Morgan fingerprint density at radius 3 is 2.48 bits per heavy atom. The lowest BCUT2D eigenvalue weighted by atomic mass is 9.77. The number of para-hydroxylation sites is 2. The molecular formula is C19H19NO3. The first-order valence-corrected chi connectivity index (χ1v) is 7.86. The zero-order valence-electron chi connectivity index (χ0n) is 13.3. The summed E-state index contributed by atoms with van der Waals surface area (Å²) in [5, 5.41) is 0. The van der Waals surface area contributed by atoms with Gasteiger partial charge in [0.15, 0.2) is 0 Å². The van der Waals surface area contributed by atoms with Gasteiger partial charge in [0.2, 0.25) is 5.91 Å². The van der Waals surface area contributed by atoms with Crippen molar-refractivity contribution in [2.75, 3.05) is 18.1 Å². The van der Waals surface area contributed by atoms with Crippen molar-refractivity contribution in [3.8, 4) is 5.75 Å². The zero-order chi connectivity index (χ0) is 16.4. The molecule has 1 amide bonds. The monoisotopic (exact) mass is 309 g/mol. The average molecular weight is 309 g/mol. The van der Waals surface area contributed by atoms with Gasteiger partial charge in [-0.25, -0.2) is 0 Å². The molecule has 0 saturated carbocycles. The van der Waals surface area contributed by atoms with Gasteiger partial charge in [0, 0.05) is 11.3 Å². The summed E-state index contributed by atoms with van der Waals surface area (Å²) in [5.74, 6) is 0.661. The predicted octanol–water partition coefficient (Wildman–Crippen LogP) is 2.94. The SMILES string of the molecule is CC.O=CCN1C(=O)C2(COc3ccccc32)c2ccccc21. The Morgan fingerprint density at radius 2 is 1.74 bits per heavy atom. The van der Waals surface area contributed by atoms with Crippen molar-refractivity contribution in [2.24, 2.45) is 0 Å². The summed E-state index contributed by atoms with van der Waals surface area (Å²) < 4.78 is 5.75. The van der Waals surface area contributed by atoms with E-state index in [1.807, 2.05) is 62.4 Å². The Morgan fingerprint density at radius 1 is 1.09 bits per heavy atom. The number of ether oxygens (including phenoxy) is 1. The molecule has 0 saturated heterocycles. The van der Waals surface area contributed by atoms with Crippen LogP contribution in [0, 0.1) is 0 Å². The van der Waals surface area contributed by atoms with Crippen LogP contribution in [0.5, 0.6) is 5.75 Å². The number of benzene rings is 2. The number of rotatable bonds is 2. The minimum absolute atomic E-state index is 0.0692. The normalized spacial score (nSPS) is 20.4. The smallest absolute Gasteiger partial charge is 0.246 e. The molecule has 1 unspecified atom stereocenters. The van der Waals surface area contributed by atoms with Crippen LogP contribution < -0.4 is 9.64 Å². The van der Waals surface area contributed by atoms with E-state index in [1.54, 1.807) is 4.90 Å². The highest BCUT2D eigenvalue weighted by Crippen LogP contribution is 2.51. The molecule has 1 spiro atoms. The van der Waals surface area contributed by atoms with Gasteiger partial charge in [0.05, 0.1) is 6.54 Å². The van der Waals surface area contributed by atoms with Crippen molar-refractivity contribution in [1.29, 1.82) is 0 Å². The molecule has 4 heteroatoms. The van der Waals surface area contributed by atoms with Gasteiger partial charge < -0.3 is 14.4 Å². The van der Waals surface area contributed by atoms with E-state index < -0.39 is 5.41 Å². The Labute approximate surface area is 135 Å². The van der Waals surface area contributed by atoms with E-state index in [9.17, 15) is 9.59 Å². The molecule has 4 rings (SSSR count). The predicted molar refractivity (Wildman–Crippen MR) is 88.9 cm³/mol. The third kappa shape index (κ3) is 1.98. The van der Waals surface area contributed by atoms with Gasteiger partial charge in [-0.1, -0.05) is 50.2 Å². The van der Waals surface area contributed by atoms with Crippen LogP contribution in [0.25, 0.3) is 0 Å². The topological polar surface area (TPSA) is 46.6 Å². The molecule has 0 N–H and O–H groups in total. The number of carbonyl (C=O) groups excluding carboxylic acids is 2. The third-order valence-electron chi connectivity index (χ3n) is 4.31. The minimum Gasteiger partial charge on any atom is -0.491 e. The number of amides is 1. The molecule has 0 aromatic heterocycles. The third-order valence-corrected chi connectivity index (χ3v) is 4.31. The lowest BCUT2D eigenvalue weighted by Gasteiger charge is -2.21. The van der Waals surface area contributed by atoms with Gasteiger partial charge in [0.1, 0.15) is 24.1 Å². The molecule has 23 heavy (non-hydrogen) atoms. The Bertz CT molecular complexity index is 756. The first-order chi connectivity index (χ1) is 11.3. The highest BCUT2D eigenvalue weighted by Gasteiger charge is 2.56. The summed E-state index contributed by atoms with van der Waals surface area (Å²) in [6, 6.07) is 15.2. The summed E-state index contributed by atoms with van der Waals surface area (Å²) >= 11 is 0. The number of hydrogen-bond acceptors (Lipinski definition) is 3. The maximum Gasteiger partial charge on any atom is 0.246 e. The van der Waals surface area contributed by atoms with Crippen molar-refractivity contribution in [2.45, 2.75) is 19.3 Å². The Hall–Kier alpha value is -2.62. The van der Waals surface area contributed by atoms with Crippen LogP contribution in [0.3, 0.4) is 0 Å². The van der Waals surface area contributed by atoms with Crippen molar-refractivity contribution >= 4 is 17.9 Å². The van der Waals surface area contributed by atoms with Crippen LogP contribution in [-0.2, 0) is 15.0 Å². The van der Waals surface area contributed by atoms with E-state index in [0.717, 1.165) is 28.8 Å². The second kappa shape index (κ2) is 5.88. The van der Waals surface area contributed by atoms with E-state index in [-0.39, 0.29) is 19.1 Å². The minimum atomic E-state index is -0.809. The summed E-state index contributed by atoms with van der Waals surface area (Å²) in [7, 11) is 0. The summed E-state index contributed by atoms with van der Waals surface area (Å²) in [6.45, 7) is 4.36. The van der Waals surface area contributed by atoms with Gasteiger partial charge >= 0.3 is 0 Å². The fourth-order valence-corrected chi connectivity index (χ4v) is 3.39. The number of aldehydes is 1. The van der Waals surface area contributed by atoms with E-state index in [2.05, 4.69) is 0 Å². The number of carbonyl (C=O) groups is 2. The number of nitrogens with zero attached hydrogens (tertiary/aromatic N) is 1. The molecule has 2 aliphatic heterocycles. The first-order valence-electron chi connectivity index (χ1n) is 7.86. The first kappa shape index (κ1) is 15.3. The second-order valence-electron chi connectivity index (χ2n) is 5.29. The van der Waals surface area contributed by atoms with Crippen molar-refractivity contribution < 1.29 is 14.3 Å². The molecule has 0 fully saturated rings. The fourth-order valence-electron chi connectivity index (χ4n) is 3.39. The van der Waals surface area contributed by atoms with Crippen LogP contribution in [0.15, 0.2) is 48.5 Å². The van der Waals surface area contributed by atoms with Crippen LogP contribution in [0.1, 0.15) is 25.0 Å². The van der Waals surface area contributed by atoms with E-state index in [0.29, 0.717) is 0 Å². The molecule has 2 aliphatic rings. The molecule has 118 valence electrons. The molecule has 0 bridgehead atoms. The average Bonchev–Trinajstić information content (AvgIpc) is 3.11. The highest BCUT2D eigenvalue weighted by molar-refractivity contribution is 6.12. The van der Waals surface area contributed by atoms with E-state index in [1.165, 1.54) is 0 Å². The standard InChI is InChI=1S/C17H13NO3.C2H6/c19-10-9-18-14-7-3-1-5-12(14)17(16(18)20)11-21-15-8-4-2-6-13(15)17;1-2/h1-8,10H,9,11H2;1-2H3. The summed E-state index contributed by atoms with van der Waals surface area (Å²) in [5.41, 5.74) is 1.79. The van der Waals surface area contributed by atoms with Crippen LogP contribution in [0.2, 0.25) is 0 Å². The number of fused-ring (bicyclic) bond motifs is 4. The van der Waals surface area contributed by atoms with Crippen molar-refractivity contribution in [1.82, 2.24) is 0 Å². The van der Waals surface area contributed by atoms with Crippen LogP contribution >= 0.6 is 0 Å². The van der Waals surface area contributed by atoms with Gasteiger partial charge in [-0.2, -0.15) is 0 Å². The Kier molecular flexibility index (Phi) is 3.90. The lowest BCUT2D eigenvalue weighted by Crippen LogP contribution is -2.43. The molecule has 4 nitrogen and oxygen atoms in total. The maximum absolute atomic E-state index is 13.0. The fraction of sp³-hybridized carbons (Fsp3) is 0.263. The lowest BCUT2D eigenvalue weighted by molar-refractivity contribution is -0.123. The van der Waals surface area contributed by atoms with E-state index >= 15 is 0 Å². The molecule has 1 atom stereocenters. The van der Waals surface area contributed by atoms with Gasteiger partial charge in [-0.3, -0.25) is 4.79 Å². The quantitative estimate of drug-likeness (QED) is 0.801. The summed E-state index contributed by atoms with van der Waals surface area (Å²) in [4.78, 5) is 25.5. The van der Waals surface area contributed by atoms with Crippen molar-refractivity contribution in [3.05, 3.63) is 59.7 Å². The van der Waals surface area contributed by atoms with Crippen LogP contribution in [-0.4, -0.2) is 25.3 Å².